The molecule has 0 fully saturated rings. The Morgan fingerprint density at radius 1 is 0.423 bits per heavy atom. The van der Waals surface area contributed by atoms with E-state index in [-0.39, 0.29) is 22.6 Å². The fourth-order valence-corrected chi connectivity index (χ4v) is 13.8. The summed E-state index contributed by atoms with van der Waals surface area (Å²) in [6.07, 6.45) is 1.93. The molecule has 0 unspecified atom stereocenters. The van der Waals surface area contributed by atoms with E-state index in [0.29, 0.717) is 25.7 Å². The number of anilines is 6. The van der Waals surface area contributed by atoms with E-state index < -0.39 is 6.61 Å². The second kappa shape index (κ2) is 20.7. The fraction of sp³-hybridized carbons (Fsp3) is 0.171. The molecular formula is C70H60N2O4S2. The van der Waals surface area contributed by atoms with E-state index >= 15 is 0 Å². The Bertz CT molecular complexity index is 3620. The van der Waals surface area contributed by atoms with Gasteiger partial charge >= 0.3 is 5.97 Å². The number of carbonyl (C=O) groups excluding carboxylic acids is 2. The number of hydrogen-bond donors (Lipinski definition) is 1. The molecule has 2 aliphatic carbocycles. The molecule has 78 heavy (non-hydrogen) atoms. The molecule has 0 aliphatic heterocycles. The van der Waals surface area contributed by atoms with Gasteiger partial charge in [0.15, 0.2) is 5.78 Å². The summed E-state index contributed by atoms with van der Waals surface area (Å²) in [5.41, 5.74) is 21.0. The largest absolute Gasteiger partial charge is 0.469 e. The second-order valence-corrected chi connectivity index (χ2v) is 23.7. The second-order valence-electron chi connectivity index (χ2n) is 21.5. The molecular weight excluding hydrogens is 997 g/mol. The molecule has 0 bridgehead atoms. The Labute approximate surface area is 465 Å². The highest BCUT2D eigenvalue weighted by Gasteiger charge is 2.38. The summed E-state index contributed by atoms with van der Waals surface area (Å²) in [5, 5.41) is 9.23. The molecule has 0 amide bonds. The number of methoxy groups -OCH3 is 1. The van der Waals surface area contributed by atoms with E-state index in [9.17, 15) is 14.7 Å². The van der Waals surface area contributed by atoms with Crippen LogP contribution < -0.4 is 9.80 Å². The van der Waals surface area contributed by atoms with Crippen molar-refractivity contribution in [2.75, 3.05) is 23.5 Å². The maximum Gasteiger partial charge on any atom is 0.305 e. The number of benzene rings is 8. The smallest absolute Gasteiger partial charge is 0.305 e. The normalized spacial score (nSPS) is 13.3. The average Bonchev–Trinajstić information content (AvgIpc) is 4.47. The van der Waals surface area contributed by atoms with Gasteiger partial charge < -0.3 is 19.6 Å². The van der Waals surface area contributed by atoms with Gasteiger partial charge in [-0.15, -0.1) is 22.7 Å². The van der Waals surface area contributed by atoms with Gasteiger partial charge in [-0.3, -0.25) is 9.59 Å². The lowest BCUT2D eigenvalue weighted by atomic mass is 9.81. The van der Waals surface area contributed by atoms with Crippen molar-refractivity contribution >= 4 is 68.6 Å². The SMILES string of the molecule is COC(=O)CCc1ccc(N(c2ccccc2)c2ccc3c(c2)C(C)(C)c2cc(-c4ccc(-c5ccc(-c6ccc7c(c6)C(C)(C)c6cc(N(c8ccccc8)c8ccc(CCC(=O)CO)cc8)ccc6-7)s5)s4)ccc2-3)cc1. The number of nitrogens with zero attached hydrogens (tertiary/aromatic N) is 2. The Kier molecular flexibility index (Phi) is 13.4. The van der Waals surface area contributed by atoms with Gasteiger partial charge in [0.1, 0.15) is 6.61 Å². The maximum atomic E-state index is 11.9. The summed E-state index contributed by atoms with van der Waals surface area (Å²) in [7, 11) is 1.44. The Hall–Kier alpha value is -8.14. The molecule has 1 N–H and O–H groups in total. The first-order chi connectivity index (χ1) is 37.9. The summed E-state index contributed by atoms with van der Waals surface area (Å²) in [4.78, 5) is 33.4. The van der Waals surface area contributed by atoms with Gasteiger partial charge in [-0.1, -0.05) is 125 Å². The van der Waals surface area contributed by atoms with Crippen LogP contribution in [0.25, 0.3) is 52.9 Å². The van der Waals surface area contributed by atoms with Crippen molar-refractivity contribution in [3.05, 3.63) is 240 Å². The number of ketones is 1. The van der Waals surface area contributed by atoms with Gasteiger partial charge in [0, 0.05) is 77.3 Å². The van der Waals surface area contributed by atoms with Crippen LogP contribution in [0.5, 0.6) is 0 Å². The van der Waals surface area contributed by atoms with Gasteiger partial charge in [-0.05, 0) is 189 Å². The molecule has 6 nitrogen and oxygen atoms in total. The van der Waals surface area contributed by atoms with E-state index in [1.807, 2.05) is 28.7 Å². The number of carbonyl (C=O) groups is 2. The minimum atomic E-state index is -0.416. The monoisotopic (exact) mass is 1060 g/mol. The number of fused-ring (bicyclic) bond motifs is 6. The first-order valence-corrected chi connectivity index (χ1v) is 28.4. The molecule has 0 saturated heterocycles. The first-order valence-electron chi connectivity index (χ1n) is 26.8. The van der Waals surface area contributed by atoms with Crippen LogP contribution in [0, 0.1) is 0 Å². The summed E-state index contributed by atoms with van der Waals surface area (Å²) in [5.74, 6) is -0.344. The predicted molar refractivity (Wildman–Crippen MR) is 324 cm³/mol. The number of aryl methyl sites for hydroxylation is 2. The first kappa shape index (κ1) is 50.7. The van der Waals surface area contributed by atoms with Crippen LogP contribution >= 0.6 is 22.7 Å². The van der Waals surface area contributed by atoms with Crippen molar-refractivity contribution in [2.45, 2.75) is 64.2 Å². The minimum absolute atomic E-state index is 0.143. The van der Waals surface area contributed by atoms with Crippen LogP contribution in [0.3, 0.4) is 0 Å². The number of hydrogen-bond acceptors (Lipinski definition) is 8. The number of para-hydroxylation sites is 2. The molecule has 8 aromatic carbocycles. The third kappa shape index (κ3) is 9.38. The highest BCUT2D eigenvalue weighted by molar-refractivity contribution is 7.25. The van der Waals surface area contributed by atoms with E-state index in [2.05, 4.69) is 238 Å². The van der Waals surface area contributed by atoms with Crippen molar-refractivity contribution in [1.82, 2.24) is 0 Å². The zero-order chi connectivity index (χ0) is 53.7. The van der Waals surface area contributed by atoms with Crippen LogP contribution in [0.2, 0.25) is 0 Å². The van der Waals surface area contributed by atoms with E-state index in [4.69, 9.17) is 4.74 Å². The molecule has 0 radical (unpaired) electrons. The third-order valence-electron chi connectivity index (χ3n) is 16.0. The number of rotatable bonds is 16. The van der Waals surface area contributed by atoms with Crippen molar-refractivity contribution in [3.8, 4) is 52.9 Å². The Balaban J connectivity index is 0.781. The lowest BCUT2D eigenvalue weighted by Crippen LogP contribution is -2.16. The van der Waals surface area contributed by atoms with Crippen LogP contribution in [0.15, 0.2) is 206 Å². The van der Waals surface area contributed by atoms with Gasteiger partial charge in [0.25, 0.3) is 0 Å². The van der Waals surface area contributed by atoms with Gasteiger partial charge in [0.05, 0.1) is 7.11 Å². The number of aliphatic hydroxyl groups is 1. The quantitative estimate of drug-likeness (QED) is 0.0973. The number of thiophene rings is 2. The topological polar surface area (TPSA) is 70.1 Å². The Morgan fingerprint density at radius 2 is 0.782 bits per heavy atom. The Morgan fingerprint density at radius 3 is 1.19 bits per heavy atom. The van der Waals surface area contributed by atoms with Crippen LogP contribution in [0.1, 0.15) is 73.9 Å². The summed E-state index contributed by atoms with van der Waals surface area (Å²) >= 11 is 3.71. The lowest BCUT2D eigenvalue weighted by Gasteiger charge is -2.28. The summed E-state index contributed by atoms with van der Waals surface area (Å²) in [6, 6.07) is 75.0. The van der Waals surface area contributed by atoms with E-state index in [0.717, 1.165) is 45.3 Å². The number of esters is 1. The van der Waals surface area contributed by atoms with Crippen molar-refractivity contribution in [1.29, 1.82) is 0 Å². The molecule has 8 heteroatoms. The number of Topliss-reactive ketones (excluding diaryl/α,β-unsaturated/α-hetero) is 1. The van der Waals surface area contributed by atoms with Crippen molar-refractivity contribution in [2.24, 2.45) is 0 Å². The highest BCUT2D eigenvalue weighted by Crippen LogP contribution is 2.54. The zero-order valence-corrected chi connectivity index (χ0v) is 46.2. The van der Waals surface area contributed by atoms with Crippen LogP contribution in [-0.4, -0.2) is 30.6 Å². The van der Waals surface area contributed by atoms with Gasteiger partial charge in [0.2, 0.25) is 0 Å². The number of aliphatic hydroxyl groups excluding tert-OH is 1. The van der Waals surface area contributed by atoms with Crippen molar-refractivity contribution < 1.29 is 19.4 Å². The van der Waals surface area contributed by atoms with E-state index in [1.54, 1.807) is 0 Å². The third-order valence-corrected chi connectivity index (χ3v) is 18.5. The lowest BCUT2D eigenvalue weighted by molar-refractivity contribution is -0.140. The predicted octanol–water partition coefficient (Wildman–Crippen LogP) is 18.0. The van der Waals surface area contributed by atoms with Gasteiger partial charge in [-0.2, -0.15) is 0 Å². The van der Waals surface area contributed by atoms with Crippen LogP contribution in [0.4, 0.5) is 34.1 Å². The van der Waals surface area contributed by atoms with Gasteiger partial charge in [-0.25, -0.2) is 0 Å². The molecule has 10 aromatic rings. The summed E-state index contributed by atoms with van der Waals surface area (Å²) in [6.45, 7) is 9.00. The highest BCUT2D eigenvalue weighted by atomic mass is 32.1. The maximum absolute atomic E-state index is 11.9. The molecule has 386 valence electrons. The number of ether oxygens (including phenoxy) is 1. The summed E-state index contributed by atoms with van der Waals surface area (Å²) < 4.78 is 4.88. The molecule has 0 saturated carbocycles. The minimum Gasteiger partial charge on any atom is -0.469 e. The molecule has 12 rings (SSSR count). The zero-order valence-electron chi connectivity index (χ0n) is 44.5. The van der Waals surface area contributed by atoms with Crippen molar-refractivity contribution in [3.63, 3.8) is 0 Å². The standard InChI is InChI=1S/C70H60N2O4S2/c1-69(2)60-40-47(22-31-56(60)58-33-28-53(42-62(58)69)71(49-12-8-6-9-13-49)51-24-16-45(17-25-51)20-30-55(74)44-73)64-35-37-66(77-64)67-38-36-65(78-67)48-23-32-57-59-34-29-54(43-63(59)70(3,4)61(57)41-48)72(50-14-10-7-11-15-50)52-26-18-46(19-27-52)21-39-68(75)76-5/h6-19,22-29,31-38,40-43,73H,20-21,30,39,44H2,1-5H3. The molecule has 2 aliphatic rings. The molecule has 2 aromatic heterocycles. The average molecular weight is 1060 g/mol. The molecule has 0 spiro atoms. The molecule has 2 heterocycles. The van der Waals surface area contributed by atoms with Crippen LogP contribution in [-0.2, 0) is 38.0 Å². The fourth-order valence-electron chi connectivity index (χ4n) is 11.7. The van der Waals surface area contributed by atoms with E-state index in [1.165, 1.54) is 82.3 Å². The molecule has 0 atom stereocenters.